The van der Waals surface area contributed by atoms with E-state index in [0.717, 1.165) is 6.07 Å². The number of ether oxygens (including phenoxy) is 1. The van der Waals surface area contributed by atoms with Crippen LogP contribution in [-0.4, -0.2) is 44.9 Å². The normalized spacial score (nSPS) is 15.6. The van der Waals surface area contributed by atoms with Gasteiger partial charge in [-0.25, -0.2) is 12.8 Å². The van der Waals surface area contributed by atoms with Crippen LogP contribution in [0.3, 0.4) is 0 Å². The molecule has 1 N–H and O–H groups in total. The van der Waals surface area contributed by atoms with Gasteiger partial charge in [0.15, 0.2) is 0 Å². The van der Waals surface area contributed by atoms with Crippen LogP contribution in [0.15, 0.2) is 47.4 Å². The third-order valence-electron chi connectivity index (χ3n) is 3.88. The van der Waals surface area contributed by atoms with Crippen LogP contribution in [0, 0.1) is 5.82 Å². The molecule has 0 unspecified atom stereocenters. The molecule has 6 nitrogen and oxygen atoms in total. The Balaban J connectivity index is 1.83. The molecule has 0 saturated carbocycles. The fourth-order valence-electron chi connectivity index (χ4n) is 2.52. The van der Waals surface area contributed by atoms with Crippen molar-refractivity contribution in [2.75, 3.05) is 31.6 Å². The third-order valence-corrected chi connectivity index (χ3v) is 6.01. The third kappa shape index (κ3) is 4.04. The van der Waals surface area contributed by atoms with Gasteiger partial charge >= 0.3 is 0 Å². The van der Waals surface area contributed by atoms with Crippen molar-refractivity contribution in [3.8, 4) is 0 Å². The largest absolute Gasteiger partial charge is 0.379 e. The maximum absolute atomic E-state index is 13.8. The molecule has 2 aromatic carbocycles. The second-order valence-corrected chi connectivity index (χ2v) is 8.00. The molecule has 1 heterocycles. The summed E-state index contributed by atoms with van der Waals surface area (Å²) in [5.41, 5.74) is 0.0644. The van der Waals surface area contributed by atoms with Crippen molar-refractivity contribution in [2.24, 2.45) is 0 Å². The summed E-state index contributed by atoms with van der Waals surface area (Å²) in [6.07, 6.45) is 0. The Morgan fingerprint density at radius 2 is 1.88 bits per heavy atom. The molecule has 0 aliphatic carbocycles. The quantitative estimate of drug-likeness (QED) is 0.859. The molecule has 2 aromatic rings. The molecule has 0 bridgehead atoms. The molecule has 9 heteroatoms. The highest BCUT2D eigenvalue weighted by Crippen LogP contribution is 2.21. The molecule has 0 atom stereocenters. The molecule has 138 valence electrons. The van der Waals surface area contributed by atoms with Crippen molar-refractivity contribution < 1.29 is 22.3 Å². The molecular formula is C17H16ClFN2O4S. The predicted molar refractivity (Wildman–Crippen MR) is 95.4 cm³/mol. The Morgan fingerprint density at radius 1 is 1.15 bits per heavy atom. The minimum atomic E-state index is -3.72. The first-order valence-corrected chi connectivity index (χ1v) is 9.64. The van der Waals surface area contributed by atoms with Crippen LogP contribution >= 0.6 is 11.6 Å². The zero-order valence-corrected chi connectivity index (χ0v) is 15.2. The van der Waals surface area contributed by atoms with Gasteiger partial charge in [0.05, 0.1) is 23.8 Å². The molecule has 1 aliphatic heterocycles. The Kier molecular flexibility index (Phi) is 5.57. The minimum absolute atomic E-state index is 0.00336. The van der Waals surface area contributed by atoms with Gasteiger partial charge in [-0.15, -0.1) is 0 Å². The number of nitrogens with zero attached hydrogens (tertiary/aromatic N) is 1. The lowest BCUT2D eigenvalue weighted by molar-refractivity contribution is 0.0730. The highest BCUT2D eigenvalue weighted by atomic mass is 35.5. The highest BCUT2D eigenvalue weighted by molar-refractivity contribution is 7.89. The summed E-state index contributed by atoms with van der Waals surface area (Å²) in [5.74, 6) is -1.30. The lowest BCUT2D eigenvalue weighted by Gasteiger charge is -2.26. The maximum atomic E-state index is 13.8. The Bertz CT molecular complexity index is 930. The second-order valence-electron chi connectivity index (χ2n) is 5.62. The molecule has 0 spiro atoms. The number of morpholine rings is 1. The van der Waals surface area contributed by atoms with Gasteiger partial charge in [-0.05, 0) is 36.4 Å². The standard InChI is InChI=1S/C17H16ClFN2O4S/c18-13-4-5-16(15(19)11-13)20-17(22)12-2-1-3-14(10-12)26(23,24)21-6-8-25-9-7-21/h1-5,10-11H,6-9H2,(H,20,22). The number of carbonyl (C=O) groups is 1. The number of hydrogen-bond acceptors (Lipinski definition) is 4. The summed E-state index contributed by atoms with van der Waals surface area (Å²) < 4.78 is 45.7. The van der Waals surface area contributed by atoms with E-state index in [9.17, 15) is 17.6 Å². The van der Waals surface area contributed by atoms with Crippen LogP contribution < -0.4 is 5.32 Å². The lowest BCUT2D eigenvalue weighted by atomic mass is 10.2. The molecule has 1 fully saturated rings. The molecule has 1 saturated heterocycles. The molecule has 0 aromatic heterocycles. The SMILES string of the molecule is O=C(Nc1ccc(Cl)cc1F)c1cccc(S(=O)(=O)N2CCOCC2)c1. The van der Waals surface area contributed by atoms with E-state index in [2.05, 4.69) is 5.32 Å². The predicted octanol–water partition coefficient (Wildman–Crippen LogP) is 2.75. The van der Waals surface area contributed by atoms with Gasteiger partial charge in [-0.2, -0.15) is 4.31 Å². The number of rotatable bonds is 4. The summed E-state index contributed by atoms with van der Waals surface area (Å²) in [6.45, 7) is 1.17. The van der Waals surface area contributed by atoms with Gasteiger partial charge in [0.1, 0.15) is 5.82 Å². The summed E-state index contributed by atoms with van der Waals surface area (Å²) >= 11 is 5.68. The molecular weight excluding hydrogens is 383 g/mol. The summed E-state index contributed by atoms with van der Waals surface area (Å²) in [6, 6.07) is 9.49. The monoisotopic (exact) mass is 398 g/mol. The van der Waals surface area contributed by atoms with Crippen LogP contribution in [-0.2, 0) is 14.8 Å². The molecule has 1 aliphatic rings. The van der Waals surface area contributed by atoms with Crippen LogP contribution in [0.1, 0.15) is 10.4 Å². The van der Waals surface area contributed by atoms with Gasteiger partial charge in [0.2, 0.25) is 10.0 Å². The average Bonchev–Trinajstić information content (AvgIpc) is 2.65. The fourth-order valence-corrected chi connectivity index (χ4v) is 4.13. The molecule has 1 amide bonds. The number of carbonyl (C=O) groups excluding carboxylic acids is 1. The fraction of sp³-hybridized carbons (Fsp3) is 0.235. The highest BCUT2D eigenvalue weighted by Gasteiger charge is 2.27. The summed E-state index contributed by atoms with van der Waals surface area (Å²) in [7, 11) is -3.72. The van der Waals surface area contributed by atoms with E-state index in [1.165, 1.54) is 40.7 Å². The Labute approximate surface area is 155 Å². The van der Waals surface area contributed by atoms with E-state index < -0.39 is 21.7 Å². The number of benzene rings is 2. The van der Waals surface area contributed by atoms with E-state index in [1.807, 2.05) is 0 Å². The van der Waals surface area contributed by atoms with Gasteiger partial charge in [-0.1, -0.05) is 17.7 Å². The smallest absolute Gasteiger partial charge is 0.255 e. The number of amides is 1. The van der Waals surface area contributed by atoms with E-state index in [1.54, 1.807) is 0 Å². The van der Waals surface area contributed by atoms with Gasteiger partial charge in [0.25, 0.3) is 5.91 Å². The second kappa shape index (κ2) is 7.71. The Morgan fingerprint density at radius 3 is 2.58 bits per heavy atom. The molecule has 3 rings (SSSR count). The van der Waals surface area contributed by atoms with Crippen LogP contribution in [0.2, 0.25) is 5.02 Å². The van der Waals surface area contributed by atoms with Crippen molar-refractivity contribution in [1.82, 2.24) is 4.31 Å². The van der Waals surface area contributed by atoms with Gasteiger partial charge < -0.3 is 10.1 Å². The Hall–Kier alpha value is -2.00. The first-order valence-electron chi connectivity index (χ1n) is 7.82. The lowest BCUT2D eigenvalue weighted by Crippen LogP contribution is -2.40. The molecule has 0 radical (unpaired) electrons. The van der Waals surface area contributed by atoms with E-state index in [4.69, 9.17) is 16.3 Å². The minimum Gasteiger partial charge on any atom is -0.379 e. The van der Waals surface area contributed by atoms with Crippen molar-refractivity contribution in [3.63, 3.8) is 0 Å². The average molecular weight is 399 g/mol. The summed E-state index contributed by atoms with van der Waals surface area (Å²) in [5, 5.41) is 2.62. The maximum Gasteiger partial charge on any atom is 0.255 e. The number of halogens is 2. The van der Waals surface area contributed by atoms with E-state index in [0.29, 0.717) is 13.2 Å². The van der Waals surface area contributed by atoms with Crippen LogP contribution in [0.5, 0.6) is 0 Å². The molecule has 26 heavy (non-hydrogen) atoms. The first-order chi connectivity index (χ1) is 12.4. The van der Waals surface area contributed by atoms with Crippen LogP contribution in [0.4, 0.5) is 10.1 Å². The van der Waals surface area contributed by atoms with Crippen LogP contribution in [0.25, 0.3) is 0 Å². The number of sulfonamides is 1. The van der Waals surface area contributed by atoms with Gasteiger partial charge in [0, 0.05) is 23.7 Å². The van der Waals surface area contributed by atoms with Crippen molar-refractivity contribution in [2.45, 2.75) is 4.90 Å². The van der Waals surface area contributed by atoms with Crippen molar-refractivity contribution in [3.05, 3.63) is 58.9 Å². The zero-order valence-electron chi connectivity index (χ0n) is 13.6. The number of anilines is 1. The topological polar surface area (TPSA) is 75.7 Å². The van der Waals surface area contributed by atoms with E-state index >= 15 is 0 Å². The van der Waals surface area contributed by atoms with Gasteiger partial charge in [-0.3, -0.25) is 4.79 Å². The van der Waals surface area contributed by atoms with Crippen molar-refractivity contribution >= 4 is 33.2 Å². The first kappa shape index (κ1) is 18.8. The zero-order chi connectivity index (χ0) is 18.7. The number of hydrogen-bond donors (Lipinski definition) is 1. The summed E-state index contributed by atoms with van der Waals surface area (Å²) in [4.78, 5) is 12.4. The van der Waals surface area contributed by atoms with Crippen molar-refractivity contribution in [1.29, 1.82) is 0 Å². The van der Waals surface area contributed by atoms with E-state index in [-0.39, 0.29) is 34.3 Å². The number of nitrogens with one attached hydrogen (secondary N) is 1.